The highest BCUT2D eigenvalue weighted by atomic mass is 35.5. The Bertz CT molecular complexity index is 718. The zero-order chi connectivity index (χ0) is 17.8. The highest BCUT2D eigenvalue weighted by Gasteiger charge is 2.21. The molecule has 1 aliphatic rings. The molecule has 0 saturated carbocycles. The number of hydrogen-bond donors (Lipinski definition) is 2. The Kier molecular flexibility index (Phi) is 5.71. The molecule has 2 aromatic carbocycles. The number of likely N-dealkylation sites (N-methyl/N-ethyl adjacent to an activating group) is 1. The van der Waals surface area contributed by atoms with Crippen LogP contribution in [-0.4, -0.2) is 53.7 Å². The second-order valence-corrected chi connectivity index (χ2v) is 6.79. The quantitative estimate of drug-likeness (QED) is 0.881. The summed E-state index contributed by atoms with van der Waals surface area (Å²) >= 11 is 5.84. The van der Waals surface area contributed by atoms with Crippen molar-refractivity contribution < 1.29 is 9.90 Å². The van der Waals surface area contributed by atoms with E-state index in [1.807, 2.05) is 36.2 Å². The molecule has 6 heteroatoms. The standard InChI is InChI=1S/C19H22ClN3O2/c1-22-10-11-23(13-18(22)24)12-14-2-8-17(9-3-14)21-19(25)15-4-6-16(20)7-5-15/h2-9,18,24H,10-13H2,1H3,(H,21,25). The minimum Gasteiger partial charge on any atom is -0.377 e. The number of rotatable bonds is 4. The number of hydrogen-bond acceptors (Lipinski definition) is 4. The molecule has 0 spiro atoms. The third-order valence-corrected chi connectivity index (χ3v) is 4.68. The second-order valence-electron chi connectivity index (χ2n) is 6.35. The molecule has 1 aliphatic heterocycles. The van der Waals surface area contributed by atoms with Gasteiger partial charge in [0.25, 0.3) is 5.91 Å². The van der Waals surface area contributed by atoms with Crippen LogP contribution < -0.4 is 5.32 Å². The minimum absolute atomic E-state index is 0.161. The van der Waals surface area contributed by atoms with Gasteiger partial charge in [0.15, 0.2) is 0 Å². The Morgan fingerprint density at radius 3 is 2.48 bits per heavy atom. The Hall–Kier alpha value is -1.92. The van der Waals surface area contributed by atoms with E-state index in [-0.39, 0.29) is 5.91 Å². The molecule has 1 saturated heterocycles. The number of nitrogens with one attached hydrogen (secondary N) is 1. The number of amides is 1. The zero-order valence-corrected chi connectivity index (χ0v) is 14.9. The van der Waals surface area contributed by atoms with Crippen molar-refractivity contribution in [2.24, 2.45) is 0 Å². The minimum atomic E-state index is -0.410. The summed E-state index contributed by atoms with van der Waals surface area (Å²) in [6, 6.07) is 14.6. The van der Waals surface area contributed by atoms with Gasteiger partial charge >= 0.3 is 0 Å². The van der Waals surface area contributed by atoms with Gasteiger partial charge in [-0.25, -0.2) is 0 Å². The summed E-state index contributed by atoms with van der Waals surface area (Å²) in [4.78, 5) is 16.4. The van der Waals surface area contributed by atoms with Crippen LogP contribution in [0.5, 0.6) is 0 Å². The zero-order valence-electron chi connectivity index (χ0n) is 14.2. The Morgan fingerprint density at radius 2 is 1.84 bits per heavy atom. The van der Waals surface area contributed by atoms with Gasteiger partial charge in [0.1, 0.15) is 6.23 Å². The molecular weight excluding hydrogens is 338 g/mol. The number of benzene rings is 2. The summed E-state index contributed by atoms with van der Waals surface area (Å²) in [6.07, 6.45) is -0.410. The molecule has 1 heterocycles. The van der Waals surface area contributed by atoms with Crippen LogP contribution >= 0.6 is 11.6 Å². The number of carbonyl (C=O) groups is 1. The molecule has 0 radical (unpaired) electrons. The van der Waals surface area contributed by atoms with E-state index in [0.29, 0.717) is 17.1 Å². The van der Waals surface area contributed by atoms with Crippen LogP contribution in [0.15, 0.2) is 48.5 Å². The maximum atomic E-state index is 12.2. The number of aliphatic hydroxyl groups is 1. The molecule has 0 aromatic heterocycles. The van der Waals surface area contributed by atoms with Gasteiger partial charge in [-0.05, 0) is 49.0 Å². The molecule has 0 bridgehead atoms. The third-order valence-electron chi connectivity index (χ3n) is 4.42. The van der Waals surface area contributed by atoms with Gasteiger partial charge in [-0.15, -0.1) is 0 Å². The van der Waals surface area contributed by atoms with Crippen molar-refractivity contribution in [3.8, 4) is 0 Å². The van der Waals surface area contributed by atoms with Crippen LogP contribution in [0.25, 0.3) is 0 Å². The maximum absolute atomic E-state index is 12.2. The molecule has 2 aromatic rings. The normalized spacial score (nSPS) is 18.9. The number of β-amino-alcohol motifs (C(OH)–C–C–N with tert-alkyl or cyclic N) is 1. The lowest BCUT2D eigenvalue weighted by Crippen LogP contribution is -2.50. The SMILES string of the molecule is CN1CCN(Cc2ccc(NC(=O)c3ccc(Cl)cc3)cc2)CC1O. The molecule has 3 rings (SSSR count). The fourth-order valence-corrected chi connectivity index (χ4v) is 2.94. The number of piperazine rings is 1. The van der Waals surface area contributed by atoms with Crippen molar-refractivity contribution >= 4 is 23.2 Å². The van der Waals surface area contributed by atoms with Crippen LogP contribution in [-0.2, 0) is 6.54 Å². The van der Waals surface area contributed by atoms with Crippen molar-refractivity contribution in [2.45, 2.75) is 12.8 Å². The first kappa shape index (κ1) is 17.9. The summed E-state index contributed by atoms with van der Waals surface area (Å²) in [5.74, 6) is -0.161. The van der Waals surface area contributed by atoms with Gasteiger partial charge in [-0.3, -0.25) is 14.6 Å². The molecule has 1 unspecified atom stereocenters. The fourth-order valence-electron chi connectivity index (χ4n) is 2.81. The molecule has 1 fully saturated rings. The molecule has 5 nitrogen and oxygen atoms in total. The van der Waals surface area contributed by atoms with Gasteiger partial charge in [0.2, 0.25) is 0 Å². The monoisotopic (exact) mass is 359 g/mol. The van der Waals surface area contributed by atoms with Gasteiger partial charge in [-0.2, -0.15) is 0 Å². The summed E-state index contributed by atoms with van der Waals surface area (Å²) in [6.45, 7) is 3.22. The number of aliphatic hydroxyl groups excluding tert-OH is 1. The van der Waals surface area contributed by atoms with Gasteiger partial charge < -0.3 is 10.4 Å². The highest BCUT2D eigenvalue weighted by Crippen LogP contribution is 2.16. The largest absolute Gasteiger partial charge is 0.377 e. The Morgan fingerprint density at radius 1 is 1.16 bits per heavy atom. The van der Waals surface area contributed by atoms with Crippen LogP contribution in [0.2, 0.25) is 5.02 Å². The Labute approximate surface area is 152 Å². The van der Waals surface area contributed by atoms with Gasteiger partial charge in [-0.1, -0.05) is 23.7 Å². The first-order chi connectivity index (χ1) is 12.0. The van der Waals surface area contributed by atoms with E-state index in [0.717, 1.165) is 30.9 Å². The summed E-state index contributed by atoms with van der Waals surface area (Å²) < 4.78 is 0. The van der Waals surface area contributed by atoms with Crippen molar-refractivity contribution in [3.05, 3.63) is 64.7 Å². The summed E-state index contributed by atoms with van der Waals surface area (Å²) in [7, 11) is 1.93. The summed E-state index contributed by atoms with van der Waals surface area (Å²) in [5.41, 5.74) is 2.48. The Balaban J connectivity index is 1.57. The van der Waals surface area contributed by atoms with Gasteiger partial charge in [0.05, 0.1) is 0 Å². The van der Waals surface area contributed by atoms with Crippen LogP contribution in [0, 0.1) is 0 Å². The van der Waals surface area contributed by atoms with Crippen LogP contribution in [0.1, 0.15) is 15.9 Å². The van der Waals surface area contributed by atoms with E-state index in [1.54, 1.807) is 24.3 Å². The average molecular weight is 360 g/mol. The first-order valence-electron chi connectivity index (χ1n) is 8.28. The molecule has 1 amide bonds. The molecule has 25 heavy (non-hydrogen) atoms. The van der Waals surface area contributed by atoms with E-state index in [1.165, 1.54) is 0 Å². The number of halogens is 1. The van der Waals surface area contributed by atoms with Crippen molar-refractivity contribution in [1.29, 1.82) is 0 Å². The van der Waals surface area contributed by atoms with Gasteiger partial charge in [0, 0.05) is 42.5 Å². The molecule has 1 atom stereocenters. The fraction of sp³-hybridized carbons (Fsp3) is 0.316. The molecular formula is C19H22ClN3O2. The van der Waals surface area contributed by atoms with Crippen molar-refractivity contribution in [2.75, 3.05) is 32.0 Å². The highest BCUT2D eigenvalue weighted by molar-refractivity contribution is 6.30. The summed E-state index contributed by atoms with van der Waals surface area (Å²) in [5, 5.41) is 13.4. The lowest BCUT2D eigenvalue weighted by Gasteiger charge is -2.36. The van der Waals surface area contributed by atoms with E-state index < -0.39 is 6.23 Å². The average Bonchev–Trinajstić information content (AvgIpc) is 2.60. The first-order valence-corrected chi connectivity index (χ1v) is 8.65. The van der Waals surface area contributed by atoms with E-state index in [2.05, 4.69) is 10.2 Å². The number of carbonyl (C=O) groups excluding carboxylic acids is 1. The lowest BCUT2D eigenvalue weighted by atomic mass is 10.1. The van der Waals surface area contributed by atoms with E-state index in [4.69, 9.17) is 11.6 Å². The van der Waals surface area contributed by atoms with Crippen LogP contribution in [0.4, 0.5) is 5.69 Å². The second kappa shape index (κ2) is 7.97. The smallest absolute Gasteiger partial charge is 0.255 e. The number of anilines is 1. The van der Waals surface area contributed by atoms with E-state index >= 15 is 0 Å². The predicted molar refractivity (Wildman–Crippen MR) is 99.8 cm³/mol. The molecule has 132 valence electrons. The van der Waals surface area contributed by atoms with Crippen molar-refractivity contribution in [3.63, 3.8) is 0 Å². The van der Waals surface area contributed by atoms with Crippen molar-refractivity contribution in [1.82, 2.24) is 9.80 Å². The topological polar surface area (TPSA) is 55.8 Å². The third kappa shape index (κ3) is 4.80. The number of nitrogens with zero attached hydrogens (tertiary/aromatic N) is 2. The van der Waals surface area contributed by atoms with Crippen LogP contribution in [0.3, 0.4) is 0 Å². The maximum Gasteiger partial charge on any atom is 0.255 e. The molecule has 2 N–H and O–H groups in total. The molecule has 0 aliphatic carbocycles. The predicted octanol–water partition coefficient (Wildman–Crippen LogP) is 2.66. The van der Waals surface area contributed by atoms with E-state index in [9.17, 15) is 9.90 Å². The lowest BCUT2D eigenvalue weighted by molar-refractivity contribution is -0.0433.